The second-order valence-electron chi connectivity index (χ2n) is 6.11. The standard InChI is InChI=1S/C15H28N2O2/c1-2-4-14(5-3-1)15(16-6-10-18-11-7-16)17-8-12-19-13-9-17/h14-15H,1-13H2. The Morgan fingerprint density at radius 1 is 0.684 bits per heavy atom. The molecule has 110 valence electrons. The summed E-state index contributed by atoms with van der Waals surface area (Å²) in [7, 11) is 0. The summed E-state index contributed by atoms with van der Waals surface area (Å²) < 4.78 is 11.1. The molecule has 1 saturated carbocycles. The summed E-state index contributed by atoms with van der Waals surface area (Å²) in [4.78, 5) is 5.37. The average molecular weight is 268 g/mol. The third-order valence-electron chi connectivity index (χ3n) is 4.91. The Balaban J connectivity index is 1.68. The van der Waals surface area contributed by atoms with Crippen LogP contribution in [-0.2, 0) is 9.47 Å². The van der Waals surface area contributed by atoms with E-state index in [9.17, 15) is 0 Å². The van der Waals surface area contributed by atoms with Gasteiger partial charge in [-0.2, -0.15) is 0 Å². The number of hydrogen-bond donors (Lipinski definition) is 0. The molecule has 0 radical (unpaired) electrons. The largest absolute Gasteiger partial charge is 0.379 e. The van der Waals surface area contributed by atoms with E-state index < -0.39 is 0 Å². The van der Waals surface area contributed by atoms with Crippen molar-refractivity contribution in [2.24, 2.45) is 5.92 Å². The molecule has 2 aliphatic heterocycles. The van der Waals surface area contributed by atoms with Gasteiger partial charge in [0.25, 0.3) is 0 Å². The number of rotatable bonds is 3. The van der Waals surface area contributed by atoms with Gasteiger partial charge < -0.3 is 9.47 Å². The lowest BCUT2D eigenvalue weighted by molar-refractivity contribution is -0.0913. The van der Waals surface area contributed by atoms with Crippen LogP contribution in [0.3, 0.4) is 0 Å². The lowest BCUT2D eigenvalue weighted by Gasteiger charge is -2.47. The molecule has 0 aromatic rings. The molecule has 0 atom stereocenters. The van der Waals surface area contributed by atoms with E-state index in [0.29, 0.717) is 6.17 Å². The van der Waals surface area contributed by atoms with Crippen molar-refractivity contribution in [3.8, 4) is 0 Å². The molecule has 2 saturated heterocycles. The van der Waals surface area contributed by atoms with E-state index in [0.717, 1.165) is 58.5 Å². The first kappa shape index (κ1) is 13.8. The van der Waals surface area contributed by atoms with E-state index in [1.54, 1.807) is 0 Å². The maximum atomic E-state index is 5.54. The molecule has 1 aliphatic carbocycles. The van der Waals surface area contributed by atoms with Crippen molar-refractivity contribution < 1.29 is 9.47 Å². The van der Waals surface area contributed by atoms with Crippen molar-refractivity contribution >= 4 is 0 Å². The number of nitrogens with zero attached hydrogens (tertiary/aromatic N) is 2. The molecule has 3 fully saturated rings. The van der Waals surface area contributed by atoms with E-state index in [-0.39, 0.29) is 0 Å². The number of morpholine rings is 2. The second kappa shape index (κ2) is 7.02. The molecule has 4 nitrogen and oxygen atoms in total. The smallest absolute Gasteiger partial charge is 0.0654 e. The van der Waals surface area contributed by atoms with Crippen molar-refractivity contribution in [3.63, 3.8) is 0 Å². The van der Waals surface area contributed by atoms with Gasteiger partial charge >= 0.3 is 0 Å². The van der Waals surface area contributed by atoms with Crippen LogP contribution in [0, 0.1) is 5.92 Å². The zero-order valence-corrected chi connectivity index (χ0v) is 12.1. The zero-order valence-electron chi connectivity index (χ0n) is 12.1. The van der Waals surface area contributed by atoms with Crippen LogP contribution in [0.15, 0.2) is 0 Å². The Bertz CT molecular complexity index is 214. The van der Waals surface area contributed by atoms with Crippen molar-refractivity contribution in [2.75, 3.05) is 52.6 Å². The van der Waals surface area contributed by atoms with Gasteiger partial charge in [0.2, 0.25) is 0 Å². The molecule has 0 N–H and O–H groups in total. The summed E-state index contributed by atoms with van der Waals surface area (Å²) in [5, 5.41) is 0. The summed E-state index contributed by atoms with van der Waals surface area (Å²) in [5.74, 6) is 0.866. The highest BCUT2D eigenvalue weighted by Gasteiger charge is 2.34. The molecule has 0 bridgehead atoms. The lowest BCUT2D eigenvalue weighted by Crippen LogP contribution is -2.58. The molecular formula is C15H28N2O2. The predicted octanol–water partition coefficient (Wildman–Crippen LogP) is 1.56. The fourth-order valence-corrected chi connectivity index (χ4v) is 3.94. The summed E-state index contributed by atoms with van der Waals surface area (Å²) in [6.45, 7) is 8.08. The number of hydrogen-bond acceptors (Lipinski definition) is 4. The minimum Gasteiger partial charge on any atom is -0.379 e. The molecule has 0 amide bonds. The van der Waals surface area contributed by atoms with Crippen molar-refractivity contribution in [3.05, 3.63) is 0 Å². The van der Waals surface area contributed by atoms with Gasteiger partial charge in [-0.05, 0) is 18.8 Å². The normalized spacial score (nSPS) is 28.9. The van der Waals surface area contributed by atoms with Gasteiger partial charge in [-0.3, -0.25) is 9.80 Å². The Morgan fingerprint density at radius 2 is 1.16 bits per heavy atom. The molecule has 4 heteroatoms. The first-order chi connectivity index (χ1) is 9.45. The van der Waals surface area contributed by atoms with Crippen molar-refractivity contribution in [2.45, 2.75) is 38.3 Å². The molecule has 3 aliphatic rings. The van der Waals surface area contributed by atoms with Crippen LogP contribution in [0.25, 0.3) is 0 Å². The Morgan fingerprint density at radius 3 is 1.63 bits per heavy atom. The van der Waals surface area contributed by atoms with Crippen molar-refractivity contribution in [1.82, 2.24) is 9.80 Å². The summed E-state index contributed by atoms with van der Waals surface area (Å²) in [6.07, 6.45) is 7.77. The van der Waals surface area contributed by atoms with Crippen molar-refractivity contribution in [1.29, 1.82) is 0 Å². The van der Waals surface area contributed by atoms with Crippen LogP contribution in [0.4, 0.5) is 0 Å². The highest BCUT2D eigenvalue weighted by molar-refractivity contribution is 4.84. The molecule has 3 rings (SSSR count). The quantitative estimate of drug-likeness (QED) is 0.775. The highest BCUT2D eigenvalue weighted by atomic mass is 16.5. The van der Waals surface area contributed by atoms with E-state index >= 15 is 0 Å². The van der Waals surface area contributed by atoms with Crippen LogP contribution < -0.4 is 0 Å². The summed E-state index contributed by atoms with van der Waals surface area (Å²) >= 11 is 0. The lowest BCUT2D eigenvalue weighted by atomic mass is 9.85. The van der Waals surface area contributed by atoms with E-state index in [2.05, 4.69) is 9.80 Å². The molecule has 2 heterocycles. The van der Waals surface area contributed by atoms with Gasteiger partial charge in [0.1, 0.15) is 0 Å². The maximum absolute atomic E-state index is 5.54. The fourth-order valence-electron chi connectivity index (χ4n) is 3.94. The summed E-state index contributed by atoms with van der Waals surface area (Å²) in [6, 6.07) is 0. The predicted molar refractivity (Wildman–Crippen MR) is 75.1 cm³/mol. The van der Waals surface area contributed by atoms with Crippen LogP contribution in [0.5, 0.6) is 0 Å². The van der Waals surface area contributed by atoms with E-state index in [1.165, 1.54) is 32.1 Å². The van der Waals surface area contributed by atoms with Crippen LogP contribution in [-0.4, -0.2) is 68.6 Å². The fraction of sp³-hybridized carbons (Fsp3) is 1.00. The SMILES string of the molecule is C1CCC(C(N2CCOCC2)N2CCOCC2)CC1. The first-order valence-electron chi connectivity index (χ1n) is 8.09. The minimum atomic E-state index is 0.646. The average Bonchev–Trinajstić information content (AvgIpc) is 2.51. The van der Waals surface area contributed by atoms with Gasteiger partial charge in [0.05, 0.1) is 32.6 Å². The highest BCUT2D eigenvalue weighted by Crippen LogP contribution is 2.31. The minimum absolute atomic E-state index is 0.646. The third kappa shape index (κ3) is 3.48. The second-order valence-corrected chi connectivity index (χ2v) is 6.11. The van der Waals surface area contributed by atoms with Gasteiger partial charge in [0.15, 0.2) is 0 Å². The van der Waals surface area contributed by atoms with Crippen LogP contribution >= 0.6 is 0 Å². The summed E-state index contributed by atoms with van der Waals surface area (Å²) in [5.41, 5.74) is 0. The molecule has 0 aromatic heterocycles. The first-order valence-corrected chi connectivity index (χ1v) is 8.09. The zero-order chi connectivity index (χ0) is 12.9. The van der Waals surface area contributed by atoms with Gasteiger partial charge in [0, 0.05) is 26.2 Å². The van der Waals surface area contributed by atoms with E-state index in [4.69, 9.17) is 9.47 Å². The Kier molecular flexibility index (Phi) is 5.10. The monoisotopic (exact) mass is 268 g/mol. The third-order valence-corrected chi connectivity index (χ3v) is 4.91. The van der Waals surface area contributed by atoms with Crippen LogP contribution in [0.2, 0.25) is 0 Å². The van der Waals surface area contributed by atoms with Gasteiger partial charge in [-0.1, -0.05) is 19.3 Å². The molecule has 0 spiro atoms. The van der Waals surface area contributed by atoms with Gasteiger partial charge in [-0.25, -0.2) is 0 Å². The topological polar surface area (TPSA) is 24.9 Å². The maximum Gasteiger partial charge on any atom is 0.0654 e. The Hall–Kier alpha value is -0.160. The molecule has 0 unspecified atom stereocenters. The molecule has 0 aromatic carbocycles. The molecule has 19 heavy (non-hydrogen) atoms. The van der Waals surface area contributed by atoms with Crippen LogP contribution in [0.1, 0.15) is 32.1 Å². The number of ether oxygens (including phenoxy) is 2. The Labute approximate surface area is 117 Å². The van der Waals surface area contributed by atoms with Gasteiger partial charge in [-0.15, -0.1) is 0 Å². The molecular weight excluding hydrogens is 240 g/mol. The van der Waals surface area contributed by atoms with E-state index in [1.807, 2.05) is 0 Å².